The van der Waals surface area contributed by atoms with Crippen molar-refractivity contribution in [3.8, 4) is 39.6 Å². The molecule has 3 heterocycles. The summed E-state index contributed by atoms with van der Waals surface area (Å²) in [6.07, 6.45) is 1.60. The normalized spacial score (nSPS) is 13.9. The highest BCUT2D eigenvalue weighted by molar-refractivity contribution is 6.09. The van der Waals surface area contributed by atoms with Crippen LogP contribution in [0.3, 0.4) is 0 Å². The van der Waals surface area contributed by atoms with Crippen LogP contribution in [0.1, 0.15) is 38.8 Å². The molecule has 1 aliphatic heterocycles. The second-order valence-corrected chi connectivity index (χ2v) is 15.9. The monoisotopic (exact) mass is 757 g/mol. The minimum Gasteiger partial charge on any atom is -0.457 e. The van der Waals surface area contributed by atoms with E-state index in [1.54, 1.807) is 6.20 Å². The topological polar surface area (TPSA) is 33.5 Å². The highest BCUT2D eigenvalue weighted by atomic mass is 16.5. The molecule has 5 nitrogen and oxygen atoms in total. The molecule has 5 heteroatoms. The maximum absolute atomic E-state index is 8.57. The van der Waals surface area contributed by atoms with Gasteiger partial charge in [-0.05, 0) is 101 Å². The molecule has 0 saturated heterocycles. The highest BCUT2D eigenvalue weighted by Crippen LogP contribution is 2.46. The van der Waals surface area contributed by atoms with E-state index in [-0.39, 0.29) is 35.1 Å². The maximum atomic E-state index is 8.57. The molecule has 0 unspecified atom stereocenters. The zero-order chi connectivity index (χ0) is 43.7. The fourth-order valence-corrected chi connectivity index (χ4v) is 8.07. The van der Waals surface area contributed by atoms with Gasteiger partial charge in [-0.3, -0.25) is 4.57 Å². The molecule has 282 valence electrons. The van der Waals surface area contributed by atoms with Gasteiger partial charge in [0.15, 0.2) is 0 Å². The van der Waals surface area contributed by atoms with Crippen molar-refractivity contribution in [3.63, 3.8) is 0 Å². The summed E-state index contributed by atoms with van der Waals surface area (Å²) in [5, 5.41) is 2.08. The van der Waals surface area contributed by atoms with Gasteiger partial charge in [0.2, 0.25) is 0 Å². The van der Waals surface area contributed by atoms with E-state index in [1.165, 1.54) is 16.7 Å². The van der Waals surface area contributed by atoms with E-state index in [4.69, 9.17) is 16.6 Å². The Kier molecular flexibility index (Phi) is 7.32. The molecule has 2 aromatic heterocycles. The number of fused-ring (bicyclic) bond motifs is 4. The number of hydrogen-bond acceptors (Lipinski definition) is 4. The van der Waals surface area contributed by atoms with Crippen LogP contribution in [-0.2, 0) is 5.41 Å². The predicted molar refractivity (Wildman–Crippen MR) is 241 cm³/mol. The molecular formula is C53H44N4O. The highest BCUT2D eigenvalue weighted by Gasteiger charge is 2.29. The van der Waals surface area contributed by atoms with E-state index in [9.17, 15) is 0 Å². The zero-order valence-corrected chi connectivity index (χ0v) is 32.8. The number of rotatable bonds is 7. The van der Waals surface area contributed by atoms with E-state index in [0.29, 0.717) is 29.5 Å². The molecule has 0 aliphatic carbocycles. The Morgan fingerprint density at radius 1 is 0.586 bits per heavy atom. The molecule has 0 saturated carbocycles. The molecule has 58 heavy (non-hydrogen) atoms. The van der Waals surface area contributed by atoms with E-state index in [1.807, 2.05) is 49.4 Å². The van der Waals surface area contributed by atoms with Gasteiger partial charge in [-0.25, -0.2) is 4.98 Å². The van der Waals surface area contributed by atoms with Gasteiger partial charge in [0.1, 0.15) is 24.0 Å². The minimum absolute atomic E-state index is 0.0426. The first-order chi connectivity index (χ1) is 30.4. The summed E-state index contributed by atoms with van der Waals surface area (Å²) in [6, 6.07) is 48.8. The van der Waals surface area contributed by atoms with Crippen LogP contribution in [0.4, 0.5) is 22.7 Å². The van der Waals surface area contributed by atoms with Gasteiger partial charge < -0.3 is 14.5 Å². The lowest BCUT2D eigenvalue weighted by atomic mass is 9.85. The first-order valence-electron chi connectivity index (χ1n) is 22.1. The largest absolute Gasteiger partial charge is 0.457 e. The SMILES string of the molecule is [2H]c1c([2H])c([2H])c(-c2cnc(-n3c4ccccc4c4ccc(Oc5cccc(N6CN(c7cc(-c8ccccc8)cc(C(C)(C)C)c7)c7ccccc76)c5)cc43)cc2C)c([2H])c1[2H]. The van der Waals surface area contributed by atoms with Crippen molar-refractivity contribution in [2.45, 2.75) is 33.1 Å². The Morgan fingerprint density at radius 2 is 1.29 bits per heavy atom. The van der Waals surface area contributed by atoms with Gasteiger partial charge in [0.25, 0.3) is 0 Å². The van der Waals surface area contributed by atoms with E-state index in [2.05, 4.69) is 138 Å². The van der Waals surface area contributed by atoms with Crippen LogP contribution >= 0.6 is 0 Å². The van der Waals surface area contributed by atoms with Gasteiger partial charge in [0.05, 0.1) is 29.3 Å². The van der Waals surface area contributed by atoms with Crippen molar-refractivity contribution in [3.05, 3.63) is 193 Å². The molecule has 0 N–H and O–H groups in total. The summed E-state index contributed by atoms with van der Waals surface area (Å²) in [6.45, 7) is 9.29. The molecular weight excluding hydrogens is 709 g/mol. The van der Waals surface area contributed by atoms with Crippen molar-refractivity contribution in [2.24, 2.45) is 0 Å². The summed E-state index contributed by atoms with van der Waals surface area (Å²) in [5.41, 5.74) is 11.2. The molecule has 0 bridgehead atoms. The van der Waals surface area contributed by atoms with Gasteiger partial charge >= 0.3 is 0 Å². The molecule has 0 fully saturated rings. The van der Waals surface area contributed by atoms with Crippen LogP contribution in [0.25, 0.3) is 49.9 Å². The van der Waals surface area contributed by atoms with E-state index in [0.717, 1.165) is 50.1 Å². The Hall–Kier alpha value is -7.11. The molecule has 0 radical (unpaired) electrons. The van der Waals surface area contributed by atoms with Crippen molar-refractivity contribution in [1.29, 1.82) is 0 Å². The van der Waals surface area contributed by atoms with E-state index < -0.39 is 6.04 Å². The summed E-state index contributed by atoms with van der Waals surface area (Å²) < 4.78 is 50.4. The average molecular weight is 758 g/mol. The van der Waals surface area contributed by atoms with E-state index >= 15 is 0 Å². The number of aryl methyl sites for hydroxylation is 1. The number of nitrogens with zero attached hydrogens (tertiary/aromatic N) is 4. The zero-order valence-electron chi connectivity index (χ0n) is 37.8. The number of aromatic nitrogens is 2. The fraction of sp³-hybridized carbons (Fsp3) is 0.113. The smallest absolute Gasteiger partial charge is 0.137 e. The number of hydrogen-bond donors (Lipinski definition) is 0. The van der Waals surface area contributed by atoms with Crippen LogP contribution in [0.5, 0.6) is 11.5 Å². The third-order valence-electron chi connectivity index (χ3n) is 11.1. The van der Waals surface area contributed by atoms with Gasteiger partial charge in [0, 0.05) is 46.0 Å². The number of ether oxygens (including phenoxy) is 1. The third-order valence-corrected chi connectivity index (χ3v) is 11.1. The van der Waals surface area contributed by atoms with Crippen molar-refractivity contribution in [1.82, 2.24) is 9.55 Å². The standard InChI is InChI=1S/C53H44N4O/c1-36-28-52(54-34-47(36)38-18-9-6-10-19-38)57-48-23-12-11-22-45(48)46-27-26-44(33-51(46)57)58-43-21-15-20-41(32-43)55-35-56(50-25-14-13-24-49(50)55)42-30-39(37-16-7-5-8-17-37)29-40(31-42)53(2,3)4/h5-34H,35H2,1-4H3/i6D,9D,10D,18D,19D. The second kappa shape index (κ2) is 14.1. The average Bonchev–Trinajstić information content (AvgIpc) is 3.84. The van der Waals surface area contributed by atoms with Crippen LogP contribution in [-0.4, -0.2) is 16.2 Å². The van der Waals surface area contributed by atoms with Gasteiger partial charge in [-0.1, -0.05) is 124 Å². The number of anilines is 4. The lowest BCUT2D eigenvalue weighted by Gasteiger charge is -2.26. The quantitative estimate of drug-likeness (QED) is 0.162. The first kappa shape index (κ1) is 30.1. The Balaban J connectivity index is 0.997. The third kappa shape index (κ3) is 6.35. The molecule has 10 rings (SSSR count). The Bertz CT molecular complexity index is 3240. The Labute approximate surface area is 347 Å². The van der Waals surface area contributed by atoms with Crippen molar-refractivity contribution < 1.29 is 11.6 Å². The molecule has 7 aromatic carbocycles. The van der Waals surface area contributed by atoms with Crippen molar-refractivity contribution in [2.75, 3.05) is 16.5 Å². The maximum Gasteiger partial charge on any atom is 0.137 e. The van der Waals surface area contributed by atoms with Gasteiger partial charge in [-0.15, -0.1) is 0 Å². The minimum atomic E-state index is -0.422. The second-order valence-electron chi connectivity index (χ2n) is 15.9. The van der Waals surface area contributed by atoms with Crippen LogP contribution in [0, 0.1) is 6.92 Å². The molecule has 1 aliphatic rings. The van der Waals surface area contributed by atoms with Crippen molar-refractivity contribution >= 4 is 44.6 Å². The summed E-state index contributed by atoms with van der Waals surface area (Å²) in [4.78, 5) is 9.57. The van der Waals surface area contributed by atoms with Gasteiger partial charge in [-0.2, -0.15) is 0 Å². The predicted octanol–water partition coefficient (Wildman–Crippen LogP) is 14.2. The number of pyridine rings is 1. The summed E-state index contributed by atoms with van der Waals surface area (Å²) in [7, 11) is 0. The first-order valence-corrected chi connectivity index (χ1v) is 19.6. The van der Waals surface area contributed by atoms with Crippen LogP contribution in [0.2, 0.25) is 0 Å². The lowest BCUT2D eigenvalue weighted by Crippen LogP contribution is -2.24. The van der Waals surface area contributed by atoms with Crippen LogP contribution in [0.15, 0.2) is 182 Å². The Morgan fingerprint density at radius 3 is 2.07 bits per heavy atom. The fourth-order valence-electron chi connectivity index (χ4n) is 8.07. The number of para-hydroxylation sites is 3. The molecule has 9 aromatic rings. The molecule has 0 spiro atoms. The molecule has 0 atom stereocenters. The van der Waals surface area contributed by atoms with Crippen LogP contribution < -0.4 is 14.5 Å². The number of benzene rings is 7. The molecule has 0 amide bonds. The summed E-state index contributed by atoms with van der Waals surface area (Å²) in [5.74, 6) is 1.99. The lowest BCUT2D eigenvalue weighted by molar-refractivity contribution is 0.483. The summed E-state index contributed by atoms with van der Waals surface area (Å²) >= 11 is 0.